The van der Waals surface area contributed by atoms with Crippen molar-refractivity contribution in [1.82, 2.24) is 0 Å². The van der Waals surface area contributed by atoms with Crippen molar-refractivity contribution in [3.63, 3.8) is 0 Å². The van der Waals surface area contributed by atoms with Gasteiger partial charge in [-0.15, -0.1) is 11.6 Å². The zero-order valence-electron chi connectivity index (χ0n) is 5.06. The molecule has 50 valence electrons. The van der Waals surface area contributed by atoms with E-state index in [9.17, 15) is 4.79 Å². The molecular weight excluding hydrogens is 140 g/mol. The third-order valence-electron chi connectivity index (χ3n) is 1.16. The van der Waals surface area contributed by atoms with Crippen LogP contribution in [0.25, 0.3) is 0 Å². The van der Waals surface area contributed by atoms with E-state index in [1.165, 1.54) is 13.2 Å². The largest absolute Gasteiger partial charge is 0.466 e. The summed E-state index contributed by atoms with van der Waals surface area (Å²) in [4.78, 5) is 10.5. The molecule has 9 heavy (non-hydrogen) atoms. The maximum Gasteiger partial charge on any atom is 0.330 e. The first-order valence-corrected chi connectivity index (χ1v) is 3.10. The summed E-state index contributed by atoms with van der Waals surface area (Å²) in [7, 11) is 1.35. The first-order valence-electron chi connectivity index (χ1n) is 2.66. The van der Waals surface area contributed by atoms with Crippen molar-refractivity contribution in [2.45, 2.75) is 11.8 Å². The lowest BCUT2D eigenvalue weighted by molar-refractivity contribution is -0.134. The SMILES string of the molecule is COC(=O)C=C1CC1Cl. The van der Waals surface area contributed by atoms with Crippen molar-refractivity contribution in [3.05, 3.63) is 11.6 Å². The molecule has 0 saturated heterocycles. The van der Waals surface area contributed by atoms with Crippen LogP contribution in [0.2, 0.25) is 0 Å². The predicted molar refractivity (Wildman–Crippen MR) is 34.4 cm³/mol. The molecule has 0 aromatic heterocycles. The number of halogens is 1. The second kappa shape index (κ2) is 2.40. The fourth-order valence-corrected chi connectivity index (χ4v) is 0.749. The number of esters is 1. The van der Waals surface area contributed by atoms with Crippen LogP contribution in [0.4, 0.5) is 0 Å². The second-order valence-electron chi connectivity index (χ2n) is 1.91. The van der Waals surface area contributed by atoms with Gasteiger partial charge < -0.3 is 4.74 Å². The van der Waals surface area contributed by atoms with Crippen LogP contribution < -0.4 is 0 Å². The molecule has 1 aliphatic rings. The van der Waals surface area contributed by atoms with Gasteiger partial charge in [-0.2, -0.15) is 0 Å². The Hall–Kier alpha value is -0.500. The molecule has 0 aromatic rings. The smallest absolute Gasteiger partial charge is 0.330 e. The fraction of sp³-hybridized carbons (Fsp3) is 0.500. The Kier molecular flexibility index (Phi) is 1.76. The Morgan fingerprint density at radius 1 is 2.00 bits per heavy atom. The Morgan fingerprint density at radius 3 is 2.89 bits per heavy atom. The highest BCUT2D eigenvalue weighted by atomic mass is 35.5. The first-order chi connectivity index (χ1) is 4.24. The van der Waals surface area contributed by atoms with Gasteiger partial charge in [-0.1, -0.05) is 0 Å². The number of rotatable bonds is 1. The normalized spacial score (nSPS) is 28.2. The molecule has 0 spiro atoms. The molecule has 2 nitrogen and oxygen atoms in total. The van der Waals surface area contributed by atoms with Crippen LogP contribution in [0.15, 0.2) is 11.6 Å². The van der Waals surface area contributed by atoms with E-state index in [2.05, 4.69) is 4.74 Å². The number of ether oxygens (including phenoxy) is 1. The Morgan fingerprint density at radius 2 is 2.56 bits per heavy atom. The maximum atomic E-state index is 10.5. The summed E-state index contributed by atoms with van der Waals surface area (Å²) >= 11 is 5.58. The molecule has 1 fully saturated rings. The van der Waals surface area contributed by atoms with Crippen LogP contribution in [-0.4, -0.2) is 18.5 Å². The Labute approximate surface area is 58.4 Å². The lowest BCUT2D eigenvalue weighted by Gasteiger charge is -1.85. The molecule has 0 heterocycles. The van der Waals surface area contributed by atoms with Gasteiger partial charge in [-0.3, -0.25) is 0 Å². The monoisotopic (exact) mass is 146 g/mol. The molecule has 1 aliphatic carbocycles. The van der Waals surface area contributed by atoms with Crippen LogP contribution in [0, 0.1) is 0 Å². The quantitative estimate of drug-likeness (QED) is 0.315. The average Bonchev–Trinajstić information content (AvgIpc) is 2.47. The number of allylic oxidation sites excluding steroid dienone is 1. The van der Waals surface area contributed by atoms with Crippen molar-refractivity contribution in [1.29, 1.82) is 0 Å². The summed E-state index contributed by atoms with van der Waals surface area (Å²) in [5.74, 6) is -0.312. The van der Waals surface area contributed by atoms with E-state index in [4.69, 9.17) is 11.6 Å². The highest BCUT2D eigenvalue weighted by molar-refractivity contribution is 6.25. The van der Waals surface area contributed by atoms with E-state index in [0.29, 0.717) is 0 Å². The second-order valence-corrected chi connectivity index (χ2v) is 2.44. The zero-order chi connectivity index (χ0) is 6.85. The van der Waals surface area contributed by atoms with Crippen LogP contribution >= 0.6 is 11.6 Å². The molecule has 0 aromatic carbocycles. The summed E-state index contributed by atoms with van der Waals surface area (Å²) in [5, 5.41) is 0.0871. The molecule has 0 N–H and O–H groups in total. The maximum absolute atomic E-state index is 10.5. The van der Waals surface area contributed by atoms with E-state index in [-0.39, 0.29) is 11.3 Å². The predicted octanol–water partition coefficient (Wildman–Crippen LogP) is 1.10. The zero-order valence-corrected chi connectivity index (χ0v) is 5.81. The van der Waals surface area contributed by atoms with Crippen molar-refractivity contribution in [2.24, 2.45) is 0 Å². The molecule has 1 rings (SSSR count). The molecule has 1 atom stereocenters. The van der Waals surface area contributed by atoms with Gasteiger partial charge in [0.25, 0.3) is 0 Å². The van der Waals surface area contributed by atoms with Crippen LogP contribution in [-0.2, 0) is 9.53 Å². The number of hydrogen-bond donors (Lipinski definition) is 0. The molecule has 1 unspecified atom stereocenters. The van der Waals surface area contributed by atoms with Crippen molar-refractivity contribution in [2.75, 3.05) is 7.11 Å². The van der Waals surface area contributed by atoms with Gasteiger partial charge in [0.1, 0.15) is 0 Å². The lowest BCUT2D eigenvalue weighted by Crippen LogP contribution is -1.93. The summed E-state index contributed by atoms with van der Waals surface area (Å²) in [6, 6.07) is 0. The van der Waals surface area contributed by atoms with Crippen LogP contribution in [0.1, 0.15) is 6.42 Å². The van der Waals surface area contributed by atoms with E-state index < -0.39 is 0 Å². The number of carbonyl (C=O) groups is 1. The van der Waals surface area contributed by atoms with Crippen LogP contribution in [0.5, 0.6) is 0 Å². The number of hydrogen-bond acceptors (Lipinski definition) is 2. The summed E-state index contributed by atoms with van der Waals surface area (Å²) in [5.41, 5.74) is 0.975. The molecule has 3 heteroatoms. The third-order valence-corrected chi connectivity index (χ3v) is 1.60. The van der Waals surface area contributed by atoms with E-state index in [1.54, 1.807) is 0 Å². The Bertz CT molecular complexity index is 162. The van der Waals surface area contributed by atoms with Crippen LogP contribution in [0.3, 0.4) is 0 Å². The number of methoxy groups -OCH3 is 1. The molecule has 0 amide bonds. The Balaban J connectivity index is 2.41. The minimum atomic E-state index is -0.312. The molecular formula is C6H7ClO2. The molecule has 0 radical (unpaired) electrons. The van der Waals surface area contributed by atoms with Gasteiger partial charge >= 0.3 is 5.97 Å². The molecule has 1 saturated carbocycles. The molecule has 0 bridgehead atoms. The summed E-state index contributed by atoms with van der Waals surface area (Å²) in [6.45, 7) is 0. The molecule has 0 aliphatic heterocycles. The first kappa shape index (κ1) is 6.62. The van der Waals surface area contributed by atoms with Gasteiger partial charge in [0.2, 0.25) is 0 Å². The third kappa shape index (κ3) is 1.72. The van der Waals surface area contributed by atoms with Gasteiger partial charge in [0.05, 0.1) is 12.5 Å². The average molecular weight is 147 g/mol. The topological polar surface area (TPSA) is 26.3 Å². The summed E-state index contributed by atoms with van der Waals surface area (Å²) < 4.78 is 4.38. The highest BCUT2D eigenvalue weighted by Crippen LogP contribution is 2.34. The number of carbonyl (C=O) groups excluding carboxylic acids is 1. The lowest BCUT2D eigenvalue weighted by atomic mass is 10.5. The van der Waals surface area contributed by atoms with Gasteiger partial charge in [-0.25, -0.2) is 4.79 Å². The fourth-order valence-electron chi connectivity index (χ4n) is 0.508. The van der Waals surface area contributed by atoms with E-state index >= 15 is 0 Å². The van der Waals surface area contributed by atoms with Gasteiger partial charge in [0.15, 0.2) is 0 Å². The van der Waals surface area contributed by atoms with Crippen molar-refractivity contribution in [3.8, 4) is 0 Å². The van der Waals surface area contributed by atoms with E-state index in [1.807, 2.05) is 0 Å². The minimum absolute atomic E-state index is 0.0871. The van der Waals surface area contributed by atoms with E-state index in [0.717, 1.165) is 12.0 Å². The minimum Gasteiger partial charge on any atom is -0.466 e. The summed E-state index contributed by atoms with van der Waals surface area (Å²) in [6.07, 6.45) is 2.27. The standard InChI is InChI=1S/C6H7ClO2/c1-9-6(8)3-4-2-5(4)7/h3,5H,2H2,1H3. The van der Waals surface area contributed by atoms with Crippen molar-refractivity contribution >= 4 is 17.6 Å². The van der Waals surface area contributed by atoms with Crippen molar-refractivity contribution < 1.29 is 9.53 Å². The van der Waals surface area contributed by atoms with Gasteiger partial charge in [0, 0.05) is 6.08 Å². The highest BCUT2D eigenvalue weighted by Gasteiger charge is 2.27. The van der Waals surface area contributed by atoms with Gasteiger partial charge in [-0.05, 0) is 12.0 Å². The number of alkyl halides is 1.